The first-order chi connectivity index (χ1) is 14.7. The van der Waals surface area contributed by atoms with Crippen molar-refractivity contribution in [3.8, 4) is 11.5 Å². The molecule has 2 rings (SSSR count). The fourth-order valence-corrected chi connectivity index (χ4v) is 3.34. The number of esters is 1. The maximum absolute atomic E-state index is 12.8. The van der Waals surface area contributed by atoms with Crippen molar-refractivity contribution in [2.75, 3.05) is 21.0 Å². The van der Waals surface area contributed by atoms with Crippen molar-refractivity contribution >= 4 is 5.97 Å². The van der Waals surface area contributed by atoms with Crippen molar-refractivity contribution in [2.45, 2.75) is 58.3 Å². The van der Waals surface area contributed by atoms with Crippen LogP contribution in [0.5, 0.6) is 11.5 Å². The van der Waals surface area contributed by atoms with Crippen LogP contribution in [0.4, 0.5) is 0 Å². The highest BCUT2D eigenvalue weighted by Crippen LogP contribution is 2.39. The summed E-state index contributed by atoms with van der Waals surface area (Å²) in [5.41, 5.74) is 1.56. The molecule has 2 aromatic carbocycles. The number of benzene rings is 2. The Balaban J connectivity index is 2.27. The summed E-state index contributed by atoms with van der Waals surface area (Å²) in [4.78, 5) is 12.8. The fourth-order valence-electron chi connectivity index (χ4n) is 3.34. The van der Waals surface area contributed by atoms with Gasteiger partial charge in [0.05, 0.1) is 32.5 Å². The SMILES string of the molecule is COc1ccccc1C(c1ccccc1OC)[C@H](C)OC(=O)[C@H](C)NCOC(C)(C)C. The van der Waals surface area contributed by atoms with E-state index in [1.54, 1.807) is 21.1 Å². The molecule has 170 valence electrons. The van der Waals surface area contributed by atoms with Crippen molar-refractivity contribution in [2.24, 2.45) is 0 Å². The van der Waals surface area contributed by atoms with Crippen LogP contribution in [0.25, 0.3) is 0 Å². The summed E-state index contributed by atoms with van der Waals surface area (Å²) in [7, 11) is 3.27. The molecule has 2 aromatic rings. The van der Waals surface area contributed by atoms with Crippen molar-refractivity contribution < 1.29 is 23.7 Å². The first-order valence-corrected chi connectivity index (χ1v) is 10.5. The van der Waals surface area contributed by atoms with Crippen molar-refractivity contribution in [3.63, 3.8) is 0 Å². The number of rotatable bonds is 10. The van der Waals surface area contributed by atoms with Crippen molar-refractivity contribution in [1.82, 2.24) is 5.32 Å². The van der Waals surface area contributed by atoms with E-state index in [4.69, 9.17) is 18.9 Å². The van der Waals surface area contributed by atoms with Crippen molar-refractivity contribution in [1.29, 1.82) is 0 Å². The zero-order chi connectivity index (χ0) is 23.0. The highest BCUT2D eigenvalue weighted by molar-refractivity contribution is 5.75. The van der Waals surface area contributed by atoms with Gasteiger partial charge in [0.25, 0.3) is 0 Å². The Bertz CT molecular complexity index is 798. The summed E-state index contributed by atoms with van der Waals surface area (Å²) in [5, 5.41) is 3.06. The maximum atomic E-state index is 12.8. The third kappa shape index (κ3) is 6.97. The van der Waals surface area contributed by atoms with E-state index >= 15 is 0 Å². The lowest BCUT2D eigenvalue weighted by Gasteiger charge is -2.29. The Morgan fingerprint density at radius 3 is 1.84 bits per heavy atom. The molecule has 0 amide bonds. The minimum Gasteiger partial charge on any atom is -0.496 e. The maximum Gasteiger partial charge on any atom is 0.323 e. The molecular weight excluding hydrogens is 394 g/mol. The van der Waals surface area contributed by atoms with E-state index < -0.39 is 12.1 Å². The number of para-hydroxylation sites is 2. The predicted molar refractivity (Wildman–Crippen MR) is 122 cm³/mol. The molecule has 0 bridgehead atoms. The number of ether oxygens (including phenoxy) is 4. The Morgan fingerprint density at radius 1 is 0.903 bits per heavy atom. The van der Waals surface area contributed by atoms with Crippen LogP contribution in [-0.2, 0) is 14.3 Å². The summed E-state index contributed by atoms with van der Waals surface area (Å²) in [6.07, 6.45) is -0.465. The lowest BCUT2D eigenvalue weighted by molar-refractivity contribution is -0.152. The van der Waals surface area contributed by atoms with Gasteiger partial charge in [-0.2, -0.15) is 0 Å². The van der Waals surface area contributed by atoms with Crippen LogP contribution in [0, 0.1) is 0 Å². The zero-order valence-electron chi connectivity index (χ0n) is 19.6. The van der Waals surface area contributed by atoms with E-state index in [-0.39, 0.29) is 24.2 Å². The molecule has 0 fully saturated rings. The molecule has 2 atom stereocenters. The van der Waals surface area contributed by atoms with E-state index in [1.807, 2.05) is 76.2 Å². The topological polar surface area (TPSA) is 66.0 Å². The summed E-state index contributed by atoms with van der Waals surface area (Å²) in [6, 6.07) is 15.0. The molecule has 6 nitrogen and oxygen atoms in total. The summed E-state index contributed by atoms with van der Waals surface area (Å²) < 4.78 is 22.7. The van der Waals surface area contributed by atoms with Crippen LogP contribution in [0.2, 0.25) is 0 Å². The minimum absolute atomic E-state index is 0.261. The molecule has 0 aliphatic carbocycles. The van der Waals surface area contributed by atoms with E-state index in [1.165, 1.54) is 0 Å². The van der Waals surface area contributed by atoms with Gasteiger partial charge >= 0.3 is 5.97 Å². The largest absolute Gasteiger partial charge is 0.496 e. The molecule has 0 saturated heterocycles. The van der Waals surface area contributed by atoms with E-state index in [0.717, 1.165) is 22.6 Å². The monoisotopic (exact) mass is 429 g/mol. The first kappa shape index (κ1) is 24.7. The van der Waals surface area contributed by atoms with Gasteiger partial charge in [-0.1, -0.05) is 36.4 Å². The first-order valence-electron chi connectivity index (χ1n) is 10.5. The molecule has 0 aliphatic rings. The number of carbonyl (C=O) groups excluding carboxylic acids is 1. The van der Waals surface area contributed by atoms with Gasteiger partial charge in [0, 0.05) is 11.1 Å². The number of carbonyl (C=O) groups is 1. The zero-order valence-corrected chi connectivity index (χ0v) is 19.6. The molecule has 0 heterocycles. The molecule has 0 aliphatic heterocycles. The molecule has 0 aromatic heterocycles. The average molecular weight is 430 g/mol. The summed E-state index contributed by atoms with van der Waals surface area (Å²) in [6.45, 7) is 9.80. The molecule has 0 unspecified atom stereocenters. The molecule has 0 spiro atoms. The third-order valence-electron chi connectivity index (χ3n) is 4.97. The Labute approximate surface area is 185 Å². The fraction of sp³-hybridized carbons (Fsp3) is 0.480. The third-order valence-corrected chi connectivity index (χ3v) is 4.97. The Kier molecular flexibility index (Phi) is 8.89. The predicted octanol–water partition coefficient (Wildman–Crippen LogP) is 4.52. The van der Waals surface area contributed by atoms with Gasteiger partial charge in [0.15, 0.2) is 0 Å². The van der Waals surface area contributed by atoms with Crippen LogP contribution < -0.4 is 14.8 Å². The van der Waals surface area contributed by atoms with E-state index in [2.05, 4.69) is 5.32 Å². The number of hydrogen-bond donors (Lipinski definition) is 1. The second-order valence-electron chi connectivity index (χ2n) is 8.43. The van der Waals surface area contributed by atoms with Crippen LogP contribution in [0.3, 0.4) is 0 Å². The quantitative estimate of drug-likeness (QED) is 0.443. The molecule has 31 heavy (non-hydrogen) atoms. The molecule has 0 saturated carbocycles. The highest BCUT2D eigenvalue weighted by Gasteiger charge is 2.30. The van der Waals surface area contributed by atoms with E-state index in [9.17, 15) is 4.79 Å². The lowest BCUT2D eigenvalue weighted by Crippen LogP contribution is -2.40. The molecule has 6 heteroatoms. The molecular formula is C25H35NO5. The van der Waals surface area contributed by atoms with Gasteiger partial charge in [-0.25, -0.2) is 0 Å². The van der Waals surface area contributed by atoms with Crippen LogP contribution in [0.15, 0.2) is 48.5 Å². The Morgan fingerprint density at radius 2 is 1.39 bits per heavy atom. The summed E-state index contributed by atoms with van der Waals surface area (Å²) >= 11 is 0. The van der Waals surface area contributed by atoms with Gasteiger partial charge in [0.1, 0.15) is 23.6 Å². The lowest BCUT2D eigenvalue weighted by atomic mass is 9.86. The number of hydrogen-bond acceptors (Lipinski definition) is 6. The van der Waals surface area contributed by atoms with Crippen LogP contribution in [-0.4, -0.2) is 44.7 Å². The van der Waals surface area contributed by atoms with Gasteiger partial charge in [-0.3, -0.25) is 10.1 Å². The summed E-state index contributed by atoms with van der Waals surface area (Å²) in [5.74, 6) is 0.839. The van der Waals surface area contributed by atoms with Gasteiger partial charge in [-0.05, 0) is 46.8 Å². The van der Waals surface area contributed by atoms with Crippen LogP contribution >= 0.6 is 0 Å². The van der Waals surface area contributed by atoms with Gasteiger partial charge in [0.2, 0.25) is 0 Å². The smallest absolute Gasteiger partial charge is 0.323 e. The van der Waals surface area contributed by atoms with E-state index in [0.29, 0.717) is 0 Å². The van der Waals surface area contributed by atoms with Crippen molar-refractivity contribution in [3.05, 3.63) is 59.7 Å². The van der Waals surface area contributed by atoms with Crippen LogP contribution in [0.1, 0.15) is 51.7 Å². The van der Waals surface area contributed by atoms with Gasteiger partial charge < -0.3 is 18.9 Å². The molecule has 0 radical (unpaired) electrons. The second-order valence-corrected chi connectivity index (χ2v) is 8.43. The number of nitrogens with one attached hydrogen (secondary N) is 1. The second kappa shape index (κ2) is 11.2. The highest BCUT2D eigenvalue weighted by atomic mass is 16.5. The average Bonchev–Trinajstić information content (AvgIpc) is 2.73. The Hall–Kier alpha value is -2.57. The van der Waals surface area contributed by atoms with Gasteiger partial charge in [-0.15, -0.1) is 0 Å². The minimum atomic E-state index is -0.513. The molecule has 1 N–H and O–H groups in total. The standard InChI is InChI=1S/C25H35NO5/c1-17(26-16-30-25(3,4)5)24(27)31-18(2)23(19-12-8-10-14-21(19)28-6)20-13-9-11-15-22(20)29-7/h8-15,17-18,23,26H,16H2,1-7H3/t17-,18-/m0/s1. The number of methoxy groups -OCH3 is 2. The normalized spacial score (nSPS) is 13.5.